The van der Waals surface area contributed by atoms with Crippen molar-refractivity contribution in [2.45, 2.75) is 14.8 Å². The van der Waals surface area contributed by atoms with E-state index in [9.17, 15) is 8.42 Å². The third-order valence-electron chi connectivity index (χ3n) is 2.83. The van der Waals surface area contributed by atoms with Gasteiger partial charge in [0, 0.05) is 23.5 Å². The van der Waals surface area contributed by atoms with Crippen LogP contribution in [0.15, 0.2) is 57.7 Å². The molecule has 21 heavy (non-hydrogen) atoms. The van der Waals surface area contributed by atoms with E-state index in [2.05, 4.69) is 9.97 Å². The highest BCUT2D eigenvalue weighted by Crippen LogP contribution is 2.30. The van der Waals surface area contributed by atoms with Crippen molar-refractivity contribution in [3.63, 3.8) is 0 Å². The number of anilines is 1. The molecule has 0 spiro atoms. The lowest BCUT2D eigenvalue weighted by atomic mass is 10.4. The third-order valence-corrected chi connectivity index (χ3v) is 4.93. The van der Waals surface area contributed by atoms with Gasteiger partial charge in [-0.15, -0.1) is 0 Å². The van der Waals surface area contributed by atoms with Crippen molar-refractivity contribution in [2.24, 2.45) is 0 Å². The molecule has 0 saturated heterocycles. The van der Waals surface area contributed by atoms with Gasteiger partial charge < -0.3 is 10.1 Å². The third kappa shape index (κ3) is 2.86. The van der Waals surface area contributed by atoms with E-state index in [0.717, 1.165) is 4.90 Å². The molecular formula is C13H12N4O2S2. The Morgan fingerprint density at radius 2 is 1.95 bits per heavy atom. The molecule has 0 amide bonds. The lowest BCUT2D eigenvalue weighted by molar-refractivity contribution is 0.602. The number of aromatic nitrogens is 3. The van der Waals surface area contributed by atoms with Crippen LogP contribution in [-0.2, 0) is 9.84 Å². The number of hydrogen-bond donors (Lipinski definition) is 1. The molecule has 8 heteroatoms. The van der Waals surface area contributed by atoms with E-state index >= 15 is 0 Å². The fourth-order valence-electron chi connectivity index (χ4n) is 1.86. The Balaban J connectivity index is 1.97. The highest BCUT2D eigenvalue weighted by molar-refractivity contribution is 7.99. The molecule has 3 rings (SSSR count). The quantitative estimate of drug-likeness (QED) is 0.792. The van der Waals surface area contributed by atoms with Crippen LogP contribution in [0, 0.1) is 0 Å². The van der Waals surface area contributed by atoms with Crippen LogP contribution in [0.2, 0.25) is 0 Å². The minimum atomic E-state index is -3.19. The summed E-state index contributed by atoms with van der Waals surface area (Å²) in [6, 6.07) is 6.64. The van der Waals surface area contributed by atoms with Crippen molar-refractivity contribution in [1.29, 1.82) is 0 Å². The lowest BCUT2D eigenvalue weighted by Gasteiger charge is -2.05. The normalized spacial score (nSPS) is 11.9. The molecule has 6 nitrogen and oxygen atoms in total. The average molecular weight is 320 g/mol. The van der Waals surface area contributed by atoms with Crippen LogP contribution in [0.3, 0.4) is 0 Å². The van der Waals surface area contributed by atoms with E-state index in [1.807, 2.05) is 0 Å². The van der Waals surface area contributed by atoms with E-state index in [4.69, 9.17) is 5.73 Å². The molecule has 2 N–H and O–H groups in total. The molecule has 108 valence electrons. The molecule has 0 aliphatic heterocycles. The summed E-state index contributed by atoms with van der Waals surface area (Å²) in [7, 11) is -3.19. The first kappa shape index (κ1) is 13.9. The second kappa shape index (κ2) is 5.05. The van der Waals surface area contributed by atoms with Gasteiger partial charge in [0.05, 0.1) is 11.1 Å². The Morgan fingerprint density at radius 1 is 1.24 bits per heavy atom. The predicted molar refractivity (Wildman–Crippen MR) is 81.1 cm³/mol. The number of sulfone groups is 1. The standard InChI is InChI=1S/C13H12N4O2S2/c1-21(18,19)10-4-2-9(3-5-10)20-13-12-15-6-7-17(12)8-11(14)16-13/h2-8H,14H2,1H3. The topological polar surface area (TPSA) is 90.3 Å². The predicted octanol–water partition coefficient (Wildman–Crippen LogP) is 1.87. The van der Waals surface area contributed by atoms with Gasteiger partial charge in [0.2, 0.25) is 0 Å². The van der Waals surface area contributed by atoms with Crippen molar-refractivity contribution in [1.82, 2.24) is 14.4 Å². The van der Waals surface area contributed by atoms with Crippen molar-refractivity contribution in [2.75, 3.05) is 12.0 Å². The zero-order chi connectivity index (χ0) is 15.0. The molecule has 0 aliphatic carbocycles. The lowest BCUT2D eigenvalue weighted by Crippen LogP contribution is -1.98. The van der Waals surface area contributed by atoms with E-state index in [1.165, 1.54) is 18.0 Å². The Bertz CT molecular complexity index is 902. The van der Waals surface area contributed by atoms with Gasteiger partial charge in [0.1, 0.15) is 10.8 Å². The number of fused-ring (bicyclic) bond motifs is 1. The van der Waals surface area contributed by atoms with E-state index in [-0.39, 0.29) is 0 Å². The van der Waals surface area contributed by atoms with E-state index < -0.39 is 9.84 Å². The highest BCUT2D eigenvalue weighted by atomic mass is 32.2. The van der Waals surface area contributed by atoms with Gasteiger partial charge in [-0.05, 0) is 24.3 Å². The number of rotatable bonds is 3. The smallest absolute Gasteiger partial charge is 0.175 e. The van der Waals surface area contributed by atoms with Crippen molar-refractivity contribution in [3.8, 4) is 0 Å². The van der Waals surface area contributed by atoms with Crippen molar-refractivity contribution >= 4 is 33.1 Å². The molecule has 3 aromatic rings. The van der Waals surface area contributed by atoms with E-state index in [1.54, 1.807) is 47.3 Å². The molecule has 0 radical (unpaired) electrons. The Hall–Kier alpha value is -2.06. The maximum Gasteiger partial charge on any atom is 0.175 e. The molecule has 2 heterocycles. The number of hydrogen-bond acceptors (Lipinski definition) is 6. The Labute approximate surface area is 125 Å². The molecular weight excluding hydrogens is 308 g/mol. The Kier molecular flexibility index (Phi) is 3.34. The van der Waals surface area contributed by atoms with Gasteiger partial charge in [-0.25, -0.2) is 18.4 Å². The summed E-state index contributed by atoms with van der Waals surface area (Å²) < 4.78 is 24.7. The summed E-state index contributed by atoms with van der Waals surface area (Å²) >= 11 is 1.39. The summed E-state index contributed by atoms with van der Waals surface area (Å²) in [6.45, 7) is 0. The van der Waals surface area contributed by atoms with Crippen LogP contribution < -0.4 is 5.73 Å². The van der Waals surface area contributed by atoms with Crippen LogP contribution >= 0.6 is 11.8 Å². The first-order chi connectivity index (χ1) is 9.93. The molecule has 1 aromatic carbocycles. The van der Waals surface area contributed by atoms with Gasteiger partial charge in [-0.3, -0.25) is 0 Å². The zero-order valence-electron chi connectivity index (χ0n) is 11.1. The molecule has 0 saturated carbocycles. The fourth-order valence-corrected chi connectivity index (χ4v) is 3.38. The number of nitrogen functional groups attached to an aromatic ring is 1. The van der Waals surface area contributed by atoms with Crippen molar-refractivity contribution in [3.05, 3.63) is 42.9 Å². The fraction of sp³-hybridized carbons (Fsp3) is 0.0769. The maximum atomic E-state index is 11.4. The van der Waals surface area contributed by atoms with Gasteiger partial charge in [0.25, 0.3) is 0 Å². The largest absolute Gasteiger partial charge is 0.382 e. The van der Waals surface area contributed by atoms with Gasteiger partial charge in [0.15, 0.2) is 15.5 Å². The SMILES string of the molecule is CS(=O)(=O)c1ccc(Sc2nc(N)cn3ccnc23)cc1. The molecule has 0 unspecified atom stereocenters. The van der Waals surface area contributed by atoms with Crippen LogP contribution in [0.25, 0.3) is 5.65 Å². The number of nitrogens with zero attached hydrogens (tertiary/aromatic N) is 3. The van der Waals surface area contributed by atoms with Gasteiger partial charge in [-0.2, -0.15) is 0 Å². The highest BCUT2D eigenvalue weighted by Gasteiger charge is 2.10. The summed E-state index contributed by atoms with van der Waals surface area (Å²) in [5.74, 6) is 0.399. The minimum Gasteiger partial charge on any atom is -0.382 e. The van der Waals surface area contributed by atoms with E-state index in [0.29, 0.717) is 21.4 Å². The summed E-state index contributed by atoms with van der Waals surface area (Å²) in [5.41, 5.74) is 6.48. The average Bonchev–Trinajstić information content (AvgIpc) is 2.86. The Morgan fingerprint density at radius 3 is 2.62 bits per heavy atom. The van der Waals surface area contributed by atoms with Crippen LogP contribution in [0.5, 0.6) is 0 Å². The monoisotopic (exact) mass is 320 g/mol. The molecule has 0 aliphatic rings. The van der Waals surface area contributed by atoms with Crippen LogP contribution in [-0.4, -0.2) is 29.0 Å². The first-order valence-electron chi connectivity index (χ1n) is 6.01. The minimum absolute atomic E-state index is 0.290. The van der Waals surface area contributed by atoms with Crippen molar-refractivity contribution < 1.29 is 8.42 Å². The molecule has 0 fully saturated rings. The molecule has 2 aromatic heterocycles. The molecule has 0 atom stereocenters. The second-order valence-corrected chi connectivity index (χ2v) is 7.55. The zero-order valence-corrected chi connectivity index (χ0v) is 12.7. The first-order valence-corrected chi connectivity index (χ1v) is 8.71. The number of nitrogens with two attached hydrogens (primary N) is 1. The second-order valence-electron chi connectivity index (χ2n) is 4.47. The number of benzene rings is 1. The van der Waals surface area contributed by atoms with Crippen LogP contribution in [0.4, 0.5) is 5.82 Å². The van der Waals surface area contributed by atoms with Gasteiger partial charge in [-0.1, -0.05) is 11.8 Å². The summed E-state index contributed by atoms with van der Waals surface area (Å²) in [4.78, 5) is 9.68. The summed E-state index contributed by atoms with van der Waals surface area (Å²) in [6.07, 6.45) is 6.35. The maximum absolute atomic E-state index is 11.4. The summed E-state index contributed by atoms with van der Waals surface area (Å²) in [5, 5.41) is 0.673. The van der Waals surface area contributed by atoms with Crippen LogP contribution in [0.1, 0.15) is 0 Å². The van der Waals surface area contributed by atoms with Gasteiger partial charge >= 0.3 is 0 Å². The molecule has 0 bridgehead atoms. The number of imidazole rings is 1.